The lowest BCUT2D eigenvalue weighted by molar-refractivity contribution is 0.102. The van der Waals surface area contributed by atoms with Crippen molar-refractivity contribution in [2.45, 2.75) is 39.2 Å². The normalized spacial score (nSPS) is 15.8. The Balaban J connectivity index is 1.53. The zero-order valence-corrected chi connectivity index (χ0v) is 20.5. The smallest absolute Gasteiger partial charge is 0.276 e. The minimum atomic E-state index is -0.979. The highest BCUT2D eigenvalue weighted by molar-refractivity contribution is 6.06. The van der Waals surface area contributed by atoms with Gasteiger partial charge in [-0.05, 0) is 68.9 Å². The van der Waals surface area contributed by atoms with Gasteiger partial charge in [-0.1, -0.05) is 6.07 Å². The van der Waals surface area contributed by atoms with Crippen molar-refractivity contribution in [2.75, 3.05) is 28.6 Å². The quantitative estimate of drug-likeness (QED) is 0.379. The van der Waals surface area contributed by atoms with Crippen LogP contribution in [0.15, 0.2) is 52.4 Å². The zero-order valence-electron chi connectivity index (χ0n) is 20.5. The van der Waals surface area contributed by atoms with Gasteiger partial charge in [0.2, 0.25) is 0 Å². The average molecular weight is 508 g/mol. The SMILES string of the molecule is CC(C)Nc1ccc(NC(=O)c2ccc(=O)n(-c3c(F)cccc3F)n2)c(N2CCC3(CC3)C2)c1N=N. The molecule has 192 valence electrons. The Labute approximate surface area is 212 Å². The summed E-state index contributed by atoms with van der Waals surface area (Å²) in [5.41, 5.74) is 8.68. The van der Waals surface area contributed by atoms with Gasteiger partial charge in [-0.3, -0.25) is 9.59 Å². The number of anilines is 3. The standard InChI is InChI=1S/C26H27F2N7O2/c1-15(2)30-18-6-7-19(24(22(18)32-29)34-13-12-26(14-34)10-11-26)31-25(37)20-8-9-21(36)35(33-20)23-16(27)4-3-5-17(23)28/h3-9,15,29-30H,10-14H2,1-2H3,(H,31,37). The van der Waals surface area contributed by atoms with Crippen LogP contribution in [0.25, 0.3) is 5.69 Å². The molecule has 1 spiro atoms. The van der Waals surface area contributed by atoms with Gasteiger partial charge in [0.15, 0.2) is 11.6 Å². The van der Waals surface area contributed by atoms with Crippen LogP contribution >= 0.6 is 0 Å². The summed E-state index contributed by atoms with van der Waals surface area (Å²) in [6.07, 6.45) is 3.33. The number of nitrogens with zero attached hydrogens (tertiary/aromatic N) is 4. The second-order valence-electron chi connectivity index (χ2n) is 9.93. The van der Waals surface area contributed by atoms with Crippen LogP contribution in [0.5, 0.6) is 0 Å². The van der Waals surface area contributed by atoms with Gasteiger partial charge in [-0.15, -0.1) is 0 Å². The van der Waals surface area contributed by atoms with E-state index in [1.54, 1.807) is 12.1 Å². The molecular weight excluding hydrogens is 480 g/mol. The van der Waals surface area contributed by atoms with Crippen LogP contribution in [0.4, 0.5) is 31.5 Å². The molecule has 11 heteroatoms. The molecule has 5 rings (SSSR count). The Hall–Kier alpha value is -4.15. The molecule has 1 aliphatic heterocycles. The number of rotatable bonds is 7. The summed E-state index contributed by atoms with van der Waals surface area (Å²) in [4.78, 5) is 27.8. The van der Waals surface area contributed by atoms with E-state index in [1.165, 1.54) is 12.1 Å². The molecule has 1 aliphatic carbocycles. The largest absolute Gasteiger partial charge is 0.381 e. The van der Waals surface area contributed by atoms with Crippen LogP contribution < -0.4 is 21.1 Å². The Morgan fingerprint density at radius 2 is 1.76 bits per heavy atom. The molecule has 2 fully saturated rings. The fourth-order valence-electron chi connectivity index (χ4n) is 4.82. The first kappa shape index (κ1) is 24.5. The topological polar surface area (TPSA) is 115 Å². The predicted molar refractivity (Wildman–Crippen MR) is 136 cm³/mol. The zero-order chi connectivity index (χ0) is 26.3. The highest BCUT2D eigenvalue weighted by atomic mass is 19.1. The summed E-state index contributed by atoms with van der Waals surface area (Å²) in [7, 11) is 0. The Bertz CT molecular complexity index is 1430. The van der Waals surface area contributed by atoms with Crippen molar-refractivity contribution in [1.82, 2.24) is 9.78 Å². The molecule has 1 saturated carbocycles. The maximum atomic E-state index is 14.3. The summed E-state index contributed by atoms with van der Waals surface area (Å²) in [6.45, 7) is 5.54. The molecule has 1 saturated heterocycles. The van der Waals surface area contributed by atoms with Crippen LogP contribution in [0.3, 0.4) is 0 Å². The molecule has 1 aromatic heterocycles. The number of aromatic nitrogens is 2. The van der Waals surface area contributed by atoms with Crippen molar-refractivity contribution in [1.29, 1.82) is 5.53 Å². The average Bonchev–Trinajstić information content (AvgIpc) is 3.49. The molecule has 0 atom stereocenters. The molecule has 2 aromatic carbocycles. The first-order chi connectivity index (χ1) is 17.7. The highest BCUT2D eigenvalue weighted by Crippen LogP contribution is 2.55. The summed E-state index contributed by atoms with van der Waals surface area (Å²) in [5, 5.41) is 13.9. The molecule has 3 N–H and O–H groups in total. The second kappa shape index (κ2) is 9.38. The molecule has 0 radical (unpaired) electrons. The van der Waals surface area contributed by atoms with Crippen molar-refractivity contribution in [3.05, 3.63) is 70.1 Å². The first-order valence-corrected chi connectivity index (χ1v) is 12.1. The number of benzene rings is 2. The van der Waals surface area contributed by atoms with Gasteiger partial charge < -0.3 is 15.5 Å². The van der Waals surface area contributed by atoms with Crippen LogP contribution in [0.1, 0.15) is 43.6 Å². The molecule has 37 heavy (non-hydrogen) atoms. The van der Waals surface area contributed by atoms with Gasteiger partial charge in [0.05, 0.1) is 17.1 Å². The number of para-hydroxylation sites is 1. The lowest BCUT2D eigenvalue weighted by Crippen LogP contribution is -2.27. The number of hydrogen-bond acceptors (Lipinski definition) is 7. The second-order valence-corrected chi connectivity index (χ2v) is 9.93. The molecule has 9 nitrogen and oxygen atoms in total. The molecule has 0 unspecified atom stereocenters. The van der Waals surface area contributed by atoms with Gasteiger partial charge >= 0.3 is 0 Å². The molecular formula is C26H27F2N7O2. The van der Waals surface area contributed by atoms with E-state index < -0.39 is 28.8 Å². The van der Waals surface area contributed by atoms with Crippen LogP contribution in [0.2, 0.25) is 0 Å². The lowest BCUT2D eigenvalue weighted by atomic mass is 10.1. The minimum absolute atomic E-state index is 0.103. The summed E-state index contributed by atoms with van der Waals surface area (Å²) < 4.78 is 29.2. The maximum Gasteiger partial charge on any atom is 0.276 e. The minimum Gasteiger partial charge on any atom is -0.381 e. The maximum absolute atomic E-state index is 14.3. The van der Waals surface area contributed by atoms with Gasteiger partial charge in [-0.25, -0.2) is 14.3 Å². The van der Waals surface area contributed by atoms with Crippen molar-refractivity contribution in [2.24, 2.45) is 10.5 Å². The summed E-state index contributed by atoms with van der Waals surface area (Å²) in [6, 6.07) is 9.01. The number of halogens is 2. The van der Waals surface area contributed by atoms with Gasteiger partial charge in [0, 0.05) is 25.2 Å². The third-order valence-electron chi connectivity index (χ3n) is 6.85. The summed E-state index contributed by atoms with van der Waals surface area (Å²) in [5.74, 6) is -2.63. The number of nitrogens with one attached hydrogen (secondary N) is 3. The lowest BCUT2D eigenvalue weighted by Gasteiger charge is -2.26. The number of carbonyl (C=O) groups excluding carboxylic acids is 1. The number of hydrogen-bond donors (Lipinski definition) is 3. The predicted octanol–water partition coefficient (Wildman–Crippen LogP) is 5.24. The third kappa shape index (κ3) is 4.68. The monoisotopic (exact) mass is 507 g/mol. The van der Waals surface area contributed by atoms with E-state index in [2.05, 4.69) is 25.7 Å². The van der Waals surface area contributed by atoms with Gasteiger partial charge in [-0.2, -0.15) is 14.9 Å². The molecule has 3 aromatic rings. The van der Waals surface area contributed by atoms with Crippen LogP contribution in [0, 0.1) is 22.6 Å². The van der Waals surface area contributed by atoms with Gasteiger partial charge in [0.1, 0.15) is 17.1 Å². The Kier molecular flexibility index (Phi) is 6.22. The van der Waals surface area contributed by atoms with E-state index in [9.17, 15) is 18.4 Å². The van der Waals surface area contributed by atoms with Crippen molar-refractivity contribution < 1.29 is 13.6 Å². The van der Waals surface area contributed by atoms with E-state index in [1.807, 2.05) is 13.8 Å². The van der Waals surface area contributed by atoms with Gasteiger partial charge in [0.25, 0.3) is 11.5 Å². The molecule has 1 amide bonds. The third-order valence-corrected chi connectivity index (χ3v) is 6.85. The van der Waals surface area contributed by atoms with Crippen LogP contribution in [-0.2, 0) is 0 Å². The fraction of sp³-hybridized carbons (Fsp3) is 0.346. The van der Waals surface area contributed by atoms with Crippen molar-refractivity contribution in [3.8, 4) is 5.69 Å². The van der Waals surface area contributed by atoms with E-state index in [4.69, 9.17) is 5.53 Å². The van der Waals surface area contributed by atoms with E-state index >= 15 is 0 Å². The van der Waals surface area contributed by atoms with E-state index in [0.29, 0.717) is 27.4 Å². The molecule has 2 heterocycles. The van der Waals surface area contributed by atoms with Crippen molar-refractivity contribution in [3.63, 3.8) is 0 Å². The highest BCUT2D eigenvalue weighted by Gasteiger charge is 2.48. The van der Waals surface area contributed by atoms with Crippen molar-refractivity contribution >= 4 is 28.7 Å². The van der Waals surface area contributed by atoms with E-state index in [-0.39, 0.29) is 17.2 Å². The fourth-order valence-corrected chi connectivity index (χ4v) is 4.82. The molecule has 2 aliphatic rings. The number of carbonyl (C=O) groups is 1. The molecule has 0 bridgehead atoms. The Morgan fingerprint density at radius 3 is 2.38 bits per heavy atom. The Morgan fingerprint density at radius 1 is 1.05 bits per heavy atom. The first-order valence-electron chi connectivity index (χ1n) is 12.1. The summed E-state index contributed by atoms with van der Waals surface area (Å²) >= 11 is 0. The van der Waals surface area contributed by atoms with E-state index in [0.717, 1.165) is 50.6 Å². The number of amides is 1. The van der Waals surface area contributed by atoms with Crippen LogP contribution in [-0.4, -0.2) is 34.8 Å².